The maximum atomic E-state index is 5.58. The molecule has 1 fully saturated rings. The van der Waals surface area contributed by atoms with Crippen LogP contribution in [0.2, 0.25) is 0 Å². The largest absolute Gasteiger partial charge is 0.496 e. The number of aromatic nitrogens is 4. The number of nitrogens with zero attached hydrogens (tertiary/aromatic N) is 4. The van der Waals surface area contributed by atoms with E-state index in [2.05, 4.69) is 25.2 Å². The predicted octanol–water partition coefficient (Wildman–Crippen LogP) is 3.84. The van der Waals surface area contributed by atoms with Gasteiger partial charge in [0.1, 0.15) is 17.4 Å². The number of anilines is 3. The first-order valence-corrected chi connectivity index (χ1v) is 9.20. The van der Waals surface area contributed by atoms with Gasteiger partial charge in [0.15, 0.2) is 0 Å². The van der Waals surface area contributed by atoms with E-state index in [0.29, 0.717) is 0 Å². The van der Waals surface area contributed by atoms with Crippen molar-refractivity contribution in [2.75, 3.05) is 30.4 Å². The molecule has 0 radical (unpaired) electrons. The summed E-state index contributed by atoms with van der Waals surface area (Å²) in [7, 11) is 1.67. The van der Waals surface area contributed by atoms with Crippen LogP contribution in [-0.2, 0) is 0 Å². The summed E-state index contributed by atoms with van der Waals surface area (Å²) in [5.74, 6) is 3.13. The topological polar surface area (TPSA) is 79.0 Å². The number of H-pyrrole nitrogens is 1. The van der Waals surface area contributed by atoms with Gasteiger partial charge in [-0.2, -0.15) is 4.98 Å². The SMILES string of the molecule is COc1cc(Nc2cc(C)nc(N3CCCC3)n2)ccc1-c1nc(C)c[nH]1. The Morgan fingerprint density at radius 2 is 1.85 bits per heavy atom. The molecule has 0 saturated carbocycles. The fourth-order valence-corrected chi connectivity index (χ4v) is 3.34. The normalized spacial score (nSPS) is 13.8. The molecule has 7 heteroatoms. The van der Waals surface area contributed by atoms with E-state index < -0.39 is 0 Å². The van der Waals surface area contributed by atoms with Gasteiger partial charge in [-0.25, -0.2) is 9.97 Å². The number of methoxy groups -OCH3 is 1. The molecule has 0 aliphatic carbocycles. The Morgan fingerprint density at radius 1 is 1.04 bits per heavy atom. The van der Waals surface area contributed by atoms with E-state index in [1.54, 1.807) is 7.11 Å². The van der Waals surface area contributed by atoms with Crippen LogP contribution >= 0.6 is 0 Å². The Balaban J connectivity index is 1.61. The third-order valence-electron chi connectivity index (χ3n) is 4.67. The van der Waals surface area contributed by atoms with Crippen molar-refractivity contribution in [3.63, 3.8) is 0 Å². The Bertz CT molecular complexity index is 945. The molecule has 1 saturated heterocycles. The number of rotatable bonds is 5. The second kappa shape index (κ2) is 7.26. The summed E-state index contributed by atoms with van der Waals surface area (Å²) in [6.45, 7) is 6.00. The second-order valence-corrected chi connectivity index (χ2v) is 6.82. The quantitative estimate of drug-likeness (QED) is 0.716. The Morgan fingerprint density at radius 3 is 2.56 bits per heavy atom. The van der Waals surface area contributed by atoms with Gasteiger partial charge in [0.25, 0.3) is 0 Å². The van der Waals surface area contributed by atoms with Gasteiger partial charge in [-0.1, -0.05) is 0 Å². The molecule has 4 rings (SSSR count). The smallest absolute Gasteiger partial charge is 0.227 e. The van der Waals surface area contributed by atoms with Crippen LogP contribution in [0.3, 0.4) is 0 Å². The number of nitrogens with one attached hydrogen (secondary N) is 2. The summed E-state index contributed by atoms with van der Waals surface area (Å²) in [6, 6.07) is 7.91. The molecule has 2 aromatic heterocycles. The van der Waals surface area contributed by atoms with E-state index in [0.717, 1.165) is 59.1 Å². The number of aromatic amines is 1. The highest BCUT2D eigenvalue weighted by Crippen LogP contribution is 2.32. The average molecular weight is 364 g/mol. The van der Waals surface area contributed by atoms with Gasteiger partial charge in [0, 0.05) is 42.8 Å². The van der Waals surface area contributed by atoms with Crippen molar-refractivity contribution in [3.8, 4) is 17.1 Å². The molecule has 0 atom stereocenters. The summed E-state index contributed by atoms with van der Waals surface area (Å²) in [6.07, 6.45) is 4.28. The number of benzene rings is 1. The van der Waals surface area contributed by atoms with Crippen LogP contribution < -0.4 is 15.0 Å². The summed E-state index contributed by atoms with van der Waals surface area (Å²) in [5, 5.41) is 3.38. The van der Waals surface area contributed by atoms with E-state index >= 15 is 0 Å². The van der Waals surface area contributed by atoms with Crippen molar-refractivity contribution in [2.24, 2.45) is 0 Å². The predicted molar refractivity (Wildman–Crippen MR) is 107 cm³/mol. The summed E-state index contributed by atoms with van der Waals surface area (Å²) >= 11 is 0. The first kappa shape index (κ1) is 17.3. The number of hydrogen-bond acceptors (Lipinski definition) is 6. The van der Waals surface area contributed by atoms with E-state index in [1.165, 1.54) is 12.8 Å². The maximum Gasteiger partial charge on any atom is 0.227 e. The molecule has 0 amide bonds. The van der Waals surface area contributed by atoms with Gasteiger partial charge >= 0.3 is 0 Å². The molecule has 27 heavy (non-hydrogen) atoms. The van der Waals surface area contributed by atoms with Gasteiger partial charge in [0.2, 0.25) is 5.95 Å². The van der Waals surface area contributed by atoms with Gasteiger partial charge in [-0.3, -0.25) is 0 Å². The van der Waals surface area contributed by atoms with Crippen LogP contribution in [0, 0.1) is 13.8 Å². The van der Waals surface area contributed by atoms with Crippen molar-refractivity contribution in [1.29, 1.82) is 0 Å². The molecule has 0 spiro atoms. The van der Waals surface area contributed by atoms with Crippen LogP contribution in [0.25, 0.3) is 11.4 Å². The molecule has 1 aliphatic heterocycles. The monoisotopic (exact) mass is 364 g/mol. The Kier molecular flexibility index (Phi) is 4.66. The number of ether oxygens (including phenoxy) is 1. The van der Waals surface area contributed by atoms with Gasteiger partial charge < -0.3 is 19.9 Å². The van der Waals surface area contributed by atoms with Crippen LogP contribution in [0.15, 0.2) is 30.5 Å². The second-order valence-electron chi connectivity index (χ2n) is 6.82. The van der Waals surface area contributed by atoms with Gasteiger partial charge in [-0.05, 0) is 38.8 Å². The minimum Gasteiger partial charge on any atom is -0.496 e. The standard InChI is InChI=1S/C20H24N6O/c1-13-10-18(25-20(23-13)26-8-4-5-9-26)24-15-6-7-16(17(11-15)27-3)19-21-12-14(2)22-19/h6-7,10-12H,4-5,8-9H2,1-3H3,(H,21,22)(H,23,24,25). The molecule has 3 heterocycles. The van der Waals surface area contributed by atoms with Gasteiger partial charge in [0.05, 0.1) is 18.4 Å². The van der Waals surface area contributed by atoms with Crippen molar-refractivity contribution >= 4 is 17.5 Å². The fourth-order valence-electron chi connectivity index (χ4n) is 3.34. The lowest BCUT2D eigenvalue weighted by Crippen LogP contribution is -2.21. The molecular formula is C20H24N6O. The highest BCUT2D eigenvalue weighted by Gasteiger charge is 2.16. The van der Waals surface area contributed by atoms with Crippen LogP contribution in [0.5, 0.6) is 5.75 Å². The van der Waals surface area contributed by atoms with Crippen molar-refractivity contribution in [1.82, 2.24) is 19.9 Å². The van der Waals surface area contributed by atoms with Crippen molar-refractivity contribution < 1.29 is 4.74 Å². The lowest BCUT2D eigenvalue weighted by atomic mass is 10.1. The number of hydrogen-bond donors (Lipinski definition) is 2. The average Bonchev–Trinajstić information content (AvgIpc) is 3.33. The zero-order valence-corrected chi connectivity index (χ0v) is 15.9. The zero-order chi connectivity index (χ0) is 18.8. The van der Waals surface area contributed by atoms with E-state index in [1.807, 2.05) is 44.3 Å². The number of imidazole rings is 1. The highest BCUT2D eigenvalue weighted by molar-refractivity contribution is 5.71. The van der Waals surface area contributed by atoms with Crippen LogP contribution in [0.4, 0.5) is 17.5 Å². The zero-order valence-electron chi connectivity index (χ0n) is 15.9. The first-order valence-electron chi connectivity index (χ1n) is 9.20. The Hall–Kier alpha value is -3.09. The molecule has 1 aromatic carbocycles. The summed E-state index contributed by atoms with van der Waals surface area (Å²) in [5.41, 5.74) is 3.72. The lowest BCUT2D eigenvalue weighted by Gasteiger charge is -2.17. The van der Waals surface area contributed by atoms with E-state index in [4.69, 9.17) is 9.72 Å². The minimum atomic E-state index is 0.750. The van der Waals surface area contributed by atoms with Crippen LogP contribution in [-0.4, -0.2) is 40.1 Å². The highest BCUT2D eigenvalue weighted by atomic mass is 16.5. The minimum absolute atomic E-state index is 0.750. The summed E-state index contributed by atoms with van der Waals surface area (Å²) < 4.78 is 5.58. The third kappa shape index (κ3) is 3.72. The van der Waals surface area contributed by atoms with Crippen LogP contribution in [0.1, 0.15) is 24.2 Å². The van der Waals surface area contributed by atoms with E-state index in [9.17, 15) is 0 Å². The summed E-state index contributed by atoms with van der Waals surface area (Å²) in [4.78, 5) is 19.2. The molecule has 7 nitrogen and oxygen atoms in total. The molecule has 0 bridgehead atoms. The first-order chi connectivity index (χ1) is 13.1. The van der Waals surface area contributed by atoms with E-state index in [-0.39, 0.29) is 0 Å². The molecular weight excluding hydrogens is 340 g/mol. The number of aryl methyl sites for hydroxylation is 2. The maximum absolute atomic E-state index is 5.58. The fraction of sp³-hybridized carbons (Fsp3) is 0.350. The van der Waals surface area contributed by atoms with Crippen molar-refractivity contribution in [2.45, 2.75) is 26.7 Å². The van der Waals surface area contributed by atoms with Gasteiger partial charge in [-0.15, -0.1) is 0 Å². The Labute approximate surface area is 158 Å². The lowest BCUT2D eigenvalue weighted by molar-refractivity contribution is 0.416. The third-order valence-corrected chi connectivity index (χ3v) is 4.67. The molecule has 0 unspecified atom stereocenters. The molecule has 140 valence electrons. The van der Waals surface area contributed by atoms with Crippen molar-refractivity contribution in [3.05, 3.63) is 41.9 Å². The molecule has 2 N–H and O–H groups in total. The molecule has 1 aliphatic rings. The molecule has 3 aromatic rings.